The van der Waals surface area contributed by atoms with Crippen molar-refractivity contribution in [1.29, 1.82) is 0 Å². The van der Waals surface area contributed by atoms with Gasteiger partial charge in [0.15, 0.2) is 5.75 Å². The Labute approximate surface area is 120 Å². The number of nitrogens with one attached hydrogen (secondary N) is 1. The maximum absolute atomic E-state index is 10.9. The molecule has 21 heavy (non-hydrogen) atoms. The van der Waals surface area contributed by atoms with Gasteiger partial charge in [-0.25, -0.2) is 0 Å². The van der Waals surface area contributed by atoms with Crippen molar-refractivity contribution in [3.63, 3.8) is 0 Å². The van der Waals surface area contributed by atoms with Gasteiger partial charge in [0.25, 0.3) is 10.1 Å². The second-order valence-electron chi connectivity index (χ2n) is 4.11. The number of anilines is 1. The average Bonchev–Trinajstić information content (AvgIpc) is 2.33. The molecule has 116 valence electrons. The fourth-order valence-corrected chi connectivity index (χ4v) is 1.97. The number of nitro benzene ring substituents is 1. The van der Waals surface area contributed by atoms with E-state index in [-0.39, 0.29) is 36.1 Å². The molecule has 0 unspecified atom stereocenters. The van der Waals surface area contributed by atoms with E-state index in [4.69, 9.17) is 9.29 Å². The van der Waals surface area contributed by atoms with E-state index in [1.54, 1.807) is 0 Å². The lowest BCUT2D eigenvalue weighted by atomic mass is 10.2. The first-order chi connectivity index (χ1) is 9.69. The van der Waals surface area contributed by atoms with Gasteiger partial charge >= 0.3 is 5.69 Å². The van der Waals surface area contributed by atoms with Gasteiger partial charge < -0.3 is 10.1 Å². The van der Waals surface area contributed by atoms with Crippen molar-refractivity contribution in [3.05, 3.63) is 28.3 Å². The molecule has 1 rings (SSSR count). The molecule has 0 heterocycles. The molecule has 0 saturated carbocycles. The molecule has 0 saturated heterocycles. The molecular formula is C11H14N2O7S. The minimum Gasteiger partial charge on any atom is -0.487 e. The van der Waals surface area contributed by atoms with E-state index in [1.165, 1.54) is 19.1 Å². The van der Waals surface area contributed by atoms with Crippen molar-refractivity contribution < 1.29 is 27.4 Å². The lowest BCUT2D eigenvalue weighted by molar-refractivity contribution is -0.385. The summed E-state index contributed by atoms with van der Waals surface area (Å²) >= 11 is 0. The third-order valence-electron chi connectivity index (χ3n) is 2.28. The molecule has 0 radical (unpaired) electrons. The van der Waals surface area contributed by atoms with Gasteiger partial charge in [0.1, 0.15) is 0 Å². The molecule has 10 heteroatoms. The summed E-state index contributed by atoms with van der Waals surface area (Å²) in [5, 5.41) is 13.3. The van der Waals surface area contributed by atoms with Crippen molar-refractivity contribution in [3.8, 4) is 5.75 Å². The molecule has 0 spiro atoms. The first-order valence-electron chi connectivity index (χ1n) is 5.83. The number of ether oxygens (including phenoxy) is 1. The van der Waals surface area contributed by atoms with Crippen LogP contribution < -0.4 is 10.1 Å². The molecule has 1 aromatic carbocycles. The summed E-state index contributed by atoms with van der Waals surface area (Å²) in [5.74, 6) is -0.916. The molecule has 0 bridgehead atoms. The van der Waals surface area contributed by atoms with E-state index in [0.717, 1.165) is 6.07 Å². The lowest BCUT2D eigenvalue weighted by Crippen LogP contribution is -2.10. The van der Waals surface area contributed by atoms with Crippen molar-refractivity contribution >= 4 is 27.4 Å². The Hall–Kier alpha value is -2.20. The smallest absolute Gasteiger partial charge is 0.312 e. The number of nitro groups is 1. The van der Waals surface area contributed by atoms with Gasteiger partial charge in [0.05, 0.1) is 17.3 Å². The van der Waals surface area contributed by atoms with E-state index >= 15 is 0 Å². The number of carbonyl (C=O) groups is 1. The molecule has 9 nitrogen and oxygen atoms in total. The second kappa shape index (κ2) is 6.99. The van der Waals surface area contributed by atoms with Gasteiger partial charge in [-0.1, -0.05) is 0 Å². The van der Waals surface area contributed by atoms with E-state index in [2.05, 4.69) is 5.32 Å². The summed E-state index contributed by atoms with van der Waals surface area (Å²) in [6.07, 6.45) is -0.0105. The van der Waals surface area contributed by atoms with Crippen molar-refractivity contribution in [2.75, 3.05) is 17.7 Å². The van der Waals surface area contributed by atoms with Crippen LogP contribution >= 0.6 is 0 Å². The summed E-state index contributed by atoms with van der Waals surface area (Å²) in [6, 6.07) is 3.86. The van der Waals surface area contributed by atoms with E-state index in [1.807, 2.05) is 0 Å². The van der Waals surface area contributed by atoms with Crippen LogP contribution in [0.2, 0.25) is 0 Å². The van der Waals surface area contributed by atoms with Crippen LogP contribution in [0.3, 0.4) is 0 Å². The van der Waals surface area contributed by atoms with Gasteiger partial charge in [-0.3, -0.25) is 19.5 Å². The minimum absolute atomic E-state index is 0.0105. The number of hydrogen-bond donors (Lipinski definition) is 2. The Morgan fingerprint density at radius 1 is 1.48 bits per heavy atom. The average molecular weight is 318 g/mol. The zero-order chi connectivity index (χ0) is 16.0. The number of hydrogen-bond acceptors (Lipinski definition) is 6. The fraction of sp³-hybridized carbons (Fsp3) is 0.364. The quantitative estimate of drug-likeness (QED) is 0.334. The molecule has 1 amide bonds. The van der Waals surface area contributed by atoms with Gasteiger partial charge in [-0.15, -0.1) is 0 Å². The molecule has 0 aliphatic heterocycles. The maximum atomic E-state index is 10.9. The van der Waals surface area contributed by atoms with Gasteiger partial charge in [-0.2, -0.15) is 8.42 Å². The third-order valence-corrected chi connectivity index (χ3v) is 3.08. The van der Waals surface area contributed by atoms with Crippen molar-refractivity contribution in [1.82, 2.24) is 0 Å². The van der Waals surface area contributed by atoms with E-state index in [0.29, 0.717) is 0 Å². The largest absolute Gasteiger partial charge is 0.487 e. The number of amides is 1. The Balaban J connectivity index is 2.77. The first-order valence-corrected chi connectivity index (χ1v) is 7.44. The minimum atomic E-state index is -4.09. The molecule has 0 aliphatic rings. The second-order valence-corrected chi connectivity index (χ2v) is 5.68. The van der Waals surface area contributed by atoms with Crippen LogP contribution in [-0.4, -0.2) is 36.2 Å². The molecule has 2 N–H and O–H groups in total. The maximum Gasteiger partial charge on any atom is 0.312 e. The number of benzene rings is 1. The summed E-state index contributed by atoms with van der Waals surface area (Å²) in [7, 11) is -4.09. The highest BCUT2D eigenvalue weighted by Gasteiger charge is 2.16. The van der Waals surface area contributed by atoms with Crippen LogP contribution in [0.1, 0.15) is 13.3 Å². The van der Waals surface area contributed by atoms with Crippen LogP contribution in [0.4, 0.5) is 11.4 Å². The summed E-state index contributed by atoms with van der Waals surface area (Å²) in [6.45, 7) is 1.16. The van der Waals surface area contributed by atoms with Crippen LogP contribution in [0, 0.1) is 10.1 Å². The molecule has 0 fully saturated rings. The Morgan fingerprint density at radius 3 is 2.67 bits per heavy atom. The van der Waals surface area contributed by atoms with Crippen molar-refractivity contribution in [2.45, 2.75) is 13.3 Å². The number of nitrogens with zero attached hydrogens (tertiary/aromatic N) is 1. The van der Waals surface area contributed by atoms with Crippen LogP contribution in [-0.2, 0) is 14.9 Å². The fourth-order valence-electron chi connectivity index (χ4n) is 1.49. The van der Waals surface area contributed by atoms with Crippen molar-refractivity contribution in [2.24, 2.45) is 0 Å². The topological polar surface area (TPSA) is 136 Å². The van der Waals surface area contributed by atoms with Crippen LogP contribution in [0.5, 0.6) is 5.75 Å². The molecule has 0 atom stereocenters. The van der Waals surface area contributed by atoms with Crippen LogP contribution in [0.25, 0.3) is 0 Å². The number of carbonyl (C=O) groups excluding carboxylic acids is 1. The normalized spacial score (nSPS) is 11.0. The molecule has 0 aromatic heterocycles. The SMILES string of the molecule is CC(=O)Nc1ccc(OCCCS(=O)(=O)O)c([N+](=O)[O-])c1. The van der Waals surface area contributed by atoms with Gasteiger partial charge in [0.2, 0.25) is 5.91 Å². The highest BCUT2D eigenvalue weighted by Crippen LogP contribution is 2.30. The predicted molar refractivity (Wildman–Crippen MR) is 73.9 cm³/mol. The van der Waals surface area contributed by atoms with Gasteiger partial charge in [0, 0.05) is 18.7 Å². The Kier molecular flexibility index (Phi) is 5.61. The first kappa shape index (κ1) is 16.9. The Morgan fingerprint density at radius 2 is 2.14 bits per heavy atom. The molecule has 0 aliphatic carbocycles. The summed E-state index contributed by atoms with van der Waals surface area (Å²) in [5.41, 5.74) is -0.104. The predicted octanol–water partition coefficient (Wildman–Crippen LogP) is 1.21. The Bertz CT molecular complexity index is 642. The van der Waals surface area contributed by atoms with E-state index < -0.39 is 20.8 Å². The van der Waals surface area contributed by atoms with E-state index in [9.17, 15) is 23.3 Å². The highest BCUT2D eigenvalue weighted by molar-refractivity contribution is 7.85. The number of rotatable bonds is 7. The zero-order valence-corrected chi connectivity index (χ0v) is 11.9. The highest BCUT2D eigenvalue weighted by atomic mass is 32.2. The zero-order valence-electron chi connectivity index (χ0n) is 11.1. The molecular weight excluding hydrogens is 304 g/mol. The standard InChI is InChI=1S/C11H14N2O7S/c1-8(14)12-9-3-4-11(10(7-9)13(15)16)20-5-2-6-21(17,18)19/h3-4,7H,2,5-6H2,1H3,(H,12,14)(H,17,18,19). The van der Waals surface area contributed by atoms with Gasteiger partial charge in [-0.05, 0) is 18.6 Å². The molecule has 1 aromatic rings. The third kappa shape index (κ3) is 6.19. The summed E-state index contributed by atoms with van der Waals surface area (Å²) < 4.78 is 34.7. The summed E-state index contributed by atoms with van der Waals surface area (Å²) in [4.78, 5) is 21.1. The lowest BCUT2D eigenvalue weighted by Gasteiger charge is -2.08. The monoisotopic (exact) mass is 318 g/mol. The van der Waals surface area contributed by atoms with Crippen LogP contribution in [0.15, 0.2) is 18.2 Å².